The zero-order valence-corrected chi connectivity index (χ0v) is 13.6. The van der Waals surface area contributed by atoms with Gasteiger partial charge in [0, 0.05) is 25.9 Å². The lowest BCUT2D eigenvalue weighted by atomic mass is 10.2. The number of methoxy groups -OCH3 is 1. The Hall–Kier alpha value is -2.61. The van der Waals surface area contributed by atoms with Gasteiger partial charge in [0.2, 0.25) is 0 Å². The Morgan fingerprint density at radius 1 is 1.20 bits per heavy atom. The van der Waals surface area contributed by atoms with Crippen LogP contribution >= 0.6 is 0 Å². The van der Waals surface area contributed by atoms with Crippen LogP contribution in [-0.2, 0) is 10.9 Å². The molecule has 0 fully saturated rings. The van der Waals surface area contributed by atoms with Crippen molar-refractivity contribution < 1.29 is 22.7 Å². The summed E-state index contributed by atoms with van der Waals surface area (Å²) in [5, 5.41) is 5.53. The van der Waals surface area contributed by atoms with Crippen molar-refractivity contribution in [1.82, 2.24) is 10.3 Å². The molecule has 0 saturated carbocycles. The minimum atomic E-state index is -4.40. The Balaban J connectivity index is 1.97. The highest BCUT2D eigenvalue weighted by Crippen LogP contribution is 2.31. The topological polar surface area (TPSA) is 63.2 Å². The molecule has 1 amide bonds. The lowest BCUT2D eigenvalue weighted by Crippen LogP contribution is -2.26. The quantitative estimate of drug-likeness (QED) is 0.747. The number of hydrogen-bond acceptors (Lipinski definition) is 4. The van der Waals surface area contributed by atoms with Crippen LogP contribution in [0.5, 0.6) is 0 Å². The normalized spacial score (nSPS) is 11.2. The molecule has 0 aliphatic carbocycles. The van der Waals surface area contributed by atoms with Gasteiger partial charge in [-0.25, -0.2) is 4.98 Å². The molecule has 0 saturated heterocycles. The van der Waals surface area contributed by atoms with Gasteiger partial charge in [-0.3, -0.25) is 4.79 Å². The number of hydrogen-bond donors (Lipinski definition) is 2. The van der Waals surface area contributed by atoms with Gasteiger partial charge in [0.05, 0.1) is 17.4 Å². The monoisotopic (exact) mass is 353 g/mol. The van der Waals surface area contributed by atoms with Crippen LogP contribution in [0, 0.1) is 0 Å². The third kappa shape index (κ3) is 5.75. The predicted octanol–water partition coefficient (Wildman–Crippen LogP) is 3.61. The Morgan fingerprint density at radius 2 is 2.00 bits per heavy atom. The largest absolute Gasteiger partial charge is 0.416 e. The van der Waals surface area contributed by atoms with E-state index >= 15 is 0 Å². The summed E-state index contributed by atoms with van der Waals surface area (Å²) in [6.45, 7) is 1.02. The number of alkyl halides is 3. The first-order valence-electron chi connectivity index (χ1n) is 7.57. The average molecular weight is 353 g/mol. The third-order valence-electron chi connectivity index (χ3n) is 3.29. The van der Waals surface area contributed by atoms with Crippen LogP contribution in [0.1, 0.15) is 22.5 Å². The lowest BCUT2D eigenvalue weighted by Gasteiger charge is -2.11. The van der Waals surface area contributed by atoms with Crippen LogP contribution in [0.3, 0.4) is 0 Å². The van der Waals surface area contributed by atoms with Crippen molar-refractivity contribution in [2.75, 3.05) is 25.6 Å². The van der Waals surface area contributed by atoms with Gasteiger partial charge in [-0.1, -0.05) is 6.07 Å². The zero-order chi connectivity index (χ0) is 18.3. The van der Waals surface area contributed by atoms with Gasteiger partial charge in [-0.2, -0.15) is 13.2 Å². The van der Waals surface area contributed by atoms with Crippen LogP contribution < -0.4 is 10.6 Å². The Kier molecular flexibility index (Phi) is 6.35. The van der Waals surface area contributed by atoms with E-state index in [9.17, 15) is 18.0 Å². The van der Waals surface area contributed by atoms with Gasteiger partial charge in [-0.15, -0.1) is 0 Å². The number of benzene rings is 1. The molecule has 0 aliphatic heterocycles. The fourth-order valence-corrected chi connectivity index (χ4v) is 2.05. The highest BCUT2D eigenvalue weighted by molar-refractivity contribution is 5.92. The van der Waals surface area contributed by atoms with Crippen molar-refractivity contribution >= 4 is 17.3 Å². The number of ether oxygens (including phenoxy) is 1. The van der Waals surface area contributed by atoms with Gasteiger partial charge >= 0.3 is 6.18 Å². The van der Waals surface area contributed by atoms with E-state index in [-0.39, 0.29) is 17.3 Å². The predicted molar refractivity (Wildman–Crippen MR) is 87.8 cm³/mol. The molecule has 5 nitrogen and oxygen atoms in total. The van der Waals surface area contributed by atoms with E-state index in [4.69, 9.17) is 4.74 Å². The molecule has 2 N–H and O–H groups in total. The summed E-state index contributed by atoms with van der Waals surface area (Å²) in [4.78, 5) is 15.9. The molecule has 0 bridgehead atoms. The molecule has 2 rings (SSSR count). The number of nitrogens with zero attached hydrogens (tertiary/aromatic N) is 1. The molecular weight excluding hydrogens is 335 g/mol. The molecule has 0 unspecified atom stereocenters. The first-order chi connectivity index (χ1) is 11.9. The maximum absolute atomic E-state index is 12.7. The number of carbonyl (C=O) groups is 1. The number of anilines is 2. The molecule has 1 aromatic heterocycles. The van der Waals surface area contributed by atoms with Gasteiger partial charge in [0.25, 0.3) is 5.91 Å². The first kappa shape index (κ1) is 18.7. The SMILES string of the molecule is COCCCNC(=O)c1ccc(Nc2cccc(C(F)(F)F)c2)cn1. The summed E-state index contributed by atoms with van der Waals surface area (Å²) in [6.07, 6.45) is -2.32. The van der Waals surface area contributed by atoms with Crippen LogP contribution in [0.25, 0.3) is 0 Å². The first-order valence-corrected chi connectivity index (χ1v) is 7.57. The van der Waals surface area contributed by atoms with Crippen molar-refractivity contribution in [3.8, 4) is 0 Å². The third-order valence-corrected chi connectivity index (χ3v) is 3.29. The summed E-state index contributed by atoms with van der Waals surface area (Å²) >= 11 is 0. The minimum absolute atomic E-state index is 0.229. The van der Waals surface area contributed by atoms with E-state index < -0.39 is 11.7 Å². The van der Waals surface area contributed by atoms with Crippen molar-refractivity contribution in [2.45, 2.75) is 12.6 Å². The molecule has 134 valence electrons. The molecular formula is C17H18F3N3O2. The number of pyridine rings is 1. The standard InChI is InChI=1S/C17H18F3N3O2/c1-25-9-3-8-21-16(24)15-7-6-14(11-22-15)23-13-5-2-4-12(10-13)17(18,19)20/h2,4-7,10-11,23H,3,8-9H2,1H3,(H,21,24). The smallest absolute Gasteiger partial charge is 0.385 e. The van der Waals surface area contributed by atoms with Crippen LogP contribution in [0.15, 0.2) is 42.6 Å². The van der Waals surface area contributed by atoms with Crippen LogP contribution in [-0.4, -0.2) is 31.2 Å². The van der Waals surface area contributed by atoms with Crippen LogP contribution in [0.2, 0.25) is 0 Å². The molecule has 0 atom stereocenters. The Labute approximate surface area is 143 Å². The fraction of sp³-hybridized carbons (Fsp3) is 0.294. The summed E-state index contributed by atoms with van der Waals surface area (Å²) in [7, 11) is 1.58. The van der Waals surface area contributed by atoms with Gasteiger partial charge < -0.3 is 15.4 Å². The minimum Gasteiger partial charge on any atom is -0.385 e. The van der Waals surface area contributed by atoms with E-state index in [1.54, 1.807) is 13.2 Å². The lowest BCUT2D eigenvalue weighted by molar-refractivity contribution is -0.137. The van der Waals surface area contributed by atoms with Crippen molar-refractivity contribution in [3.05, 3.63) is 53.9 Å². The zero-order valence-electron chi connectivity index (χ0n) is 13.6. The maximum Gasteiger partial charge on any atom is 0.416 e. The summed E-state index contributed by atoms with van der Waals surface area (Å²) in [5.41, 5.74) is 0.258. The van der Waals surface area contributed by atoms with Crippen LogP contribution in [0.4, 0.5) is 24.5 Å². The van der Waals surface area contributed by atoms with E-state index in [0.717, 1.165) is 12.1 Å². The number of rotatable bonds is 7. The molecule has 0 aliphatic rings. The summed E-state index contributed by atoms with van der Waals surface area (Å²) in [5.74, 6) is -0.318. The molecule has 8 heteroatoms. The second kappa shape index (κ2) is 8.48. The molecule has 0 spiro atoms. The number of nitrogens with one attached hydrogen (secondary N) is 2. The van der Waals surface area contributed by atoms with E-state index in [0.29, 0.717) is 25.3 Å². The van der Waals surface area contributed by atoms with Crippen molar-refractivity contribution in [3.63, 3.8) is 0 Å². The fourth-order valence-electron chi connectivity index (χ4n) is 2.05. The summed E-state index contributed by atoms with van der Waals surface area (Å²) < 4.78 is 43.0. The second-order valence-corrected chi connectivity index (χ2v) is 5.24. The van der Waals surface area contributed by atoms with Gasteiger partial charge in [-0.05, 0) is 36.8 Å². The van der Waals surface area contributed by atoms with E-state index in [2.05, 4.69) is 15.6 Å². The van der Waals surface area contributed by atoms with Crippen molar-refractivity contribution in [1.29, 1.82) is 0 Å². The van der Waals surface area contributed by atoms with E-state index in [1.165, 1.54) is 24.4 Å². The number of halogens is 3. The highest BCUT2D eigenvalue weighted by atomic mass is 19.4. The molecule has 2 aromatic rings. The molecule has 1 aromatic carbocycles. The molecule has 25 heavy (non-hydrogen) atoms. The molecule has 1 heterocycles. The summed E-state index contributed by atoms with van der Waals surface area (Å²) in [6, 6.07) is 7.93. The average Bonchev–Trinajstić information content (AvgIpc) is 2.59. The maximum atomic E-state index is 12.7. The van der Waals surface area contributed by atoms with Gasteiger partial charge in [0.1, 0.15) is 5.69 Å². The van der Waals surface area contributed by atoms with Crippen molar-refractivity contribution in [2.24, 2.45) is 0 Å². The number of aromatic nitrogens is 1. The molecule has 0 radical (unpaired) electrons. The highest BCUT2D eigenvalue weighted by Gasteiger charge is 2.30. The van der Waals surface area contributed by atoms with Gasteiger partial charge in [0.15, 0.2) is 0 Å². The van der Waals surface area contributed by atoms with E-state index in [1.807, 2.05) is 0 Å². The number of carbonyl (C=O) groups excluding carboxylic acids is 1. The Bertz CT molecular complexity index is 703. The Morgan fingerprint density at radius 3 is 2.64 bits per heavy atom. The second-order valence-electron chi connectivity index (χ2n) is 5.24. The number of amides is 1.